The highest BCUT2D eigenvalue weighted by atomic mass is 32.1. The van der Waals surface area contributed by atoms with E-state index in [2.05, 4.69) is 27.0 Å². The molecular weight excluding hydrogens is 386 g/mol. The minimum Gasteiger partial charge on any atom is -0.376 e. The molecule has 29 heavy (non-hydrogen) atoms. The molecule has 0 spiro atoms. The third kappa shape index (κ3) is 5.31. The summed E-state index contributed by atoms with van der Waals surface area (Å²) in [5.41, 5.74) is 3.03. The van der Waals surface area contributed by atoms with E-state index in [9.17, 15) is 10.1 Å². The lowest BCUT2D eigenvalue weighted by Gasteiger charge is -2.14. The van der Waals surface area contributed by atoms with Gasteiger partial charge in [-0.25, -0.2) is 0 Å². The van der Waals surface area contributed by atoms with Crippen molar-refractivity contribution in [2.24, 2.45) is 0 Å². The van der Waals surface area contributed by atoms with Crippen molar-refractivity contribution in [3.05, 3.63) is 33.6 Å². The van der Waals surface area contributed by atoms with Gasteiger partial charge < -0.3 is 9.30 Å². The van der Waals surface area contributed by atoms with Crippen molar-refractivity contribution in [3.63, 3.8) is 0 Å². The summed E-state index contributed by atoms with van der Waals surface area (Å²) < 4.78 is 7.94. The van der Waals surface area contributed by atoms with E-state index in [4.69, 9.17) is 4.74 Å². The fourth-order valence-corrected chi connectivity index (χ4v) is 4.23. The average molecular weight is 414 g/mol. The van der Waals surface area contributed by atoms with E-state index in [1.54, 1.807) is 6.08 Å². The molecule has 0 aliphatic carbocycles. The summed E-state index contributed by atoms with van der Waals surface area (Å²) in [5.74, 6) is -0.463. The Bertz CT molecular complexity index is 932. The number of hydrogen-bond acceptors (Lipinski definition) is 6. The number of rotatable bonds is 8. The van der Waals surface area contributed by atoms with Crippen molar-refractivity contribution < 1.29 is 9.53 Å². The third-order valence-electron chi connectivity index (χ3n) is 5.12. The Morgan fingerprint density at radius 2 is 2.31 bits per heavy atom. The van der Waals surface area contributed by atoms with E-state index in [1.165, 1.54) is 11.3 Å². The van der Waals surface area contributed by atoms with Crippen LogP contribution in [0.15, 0.2) is 11.6 Å². The standard InChI is InChI=1S/C21H27N5O2S/c1-4-5-8-19-24-25-21(29-19)23-20(27)17(12-22)11-16-10-14(2)26(15(16)3)13-18-7-6-9-28-18/h10-11,18H,4-9,13H2,1-3H3,(H,23,25,27)/b17-11+. The van der Waals surface area contributed by atoms with E-state index < -0.39 is 5.91 Å². The topological polar surface area (TPSA) is 92.8 Å². The van der Waals surface area contributed by atoms with Crippen LogP contribution in [0.4, 0.5) is 5.13 Å². The molecule has 1 N–H and O–H groups in total. The molecular formula is C21H27N5O2S. The van der Waals surface area contributed by atoms with Crippen LogP contribution >= 0.6 is 11.3 Å². The van der Waals surface area contributed by atoms with Gasteiger partial charge >= 0.3 is 0 Å². The van der Waals surface area contributed by atoms with Crippen LogP contribution in [0.5, 0.6) is 0 Å². The molecule has 0 bridgehead atoms. The van der Waals surface area contributed by atoms with Crippen LogP contribution in [0.1, 0.15) is 54.6 Å². The number of hydrogen-bond donors (Lipinski definition) is 1. The van der Waals surface area contributed by atoms with Crippen LogP contribution in [-0.2, 0) is 22.5 Å². The number of anilines is 1. The highest BCUT2D eigenvalue weighted by Crippen LogP contribution is 2.23. The predicted molar refractivity (Wildman–Crippen MR) is 114 cm³/mol. The molecule has 1 amide bonds. The summed E-state index contributed by atoms with van der Waals surface area (Å²) in [7, 11) is 0. The Labute approximate surface area is 175 Å². The summed E-state index contributed by atoms with van der Waals surface area (Å²) in [6, 6.07) is 4.01. The number of carbonyl (C=O) groups is 1. The molecule has 8 heteroatoms. The van der Waals surface area contributed by atoms with Crippen molar-refractivity contribution in [2.45, 2.75) is 65.5 Å². The number of aromatic nitrogens is 3. The van der Waals surface area contributed by atoms with Gasteiger partial charge in [0, 0.05) is 31.0 Å². The van der Waals surface area contributed by atoms with Crippen LogP contribution in [0.25, 0.3) is 6.08 Å². The van der Waals surface area contributed by atoms with E-state index in [0.29, 0.717) is 5.13 Å². The Morgan fingerprint density at radius 1 is 1.48 bits per heavy atom. The van der Waals surface area contributed by atoms with Crippen LogP contribution in [-0.4, -0.2) is 33.4 Å². The normalized spacial score (nSPS) is 16.8. The van der Waals surface area contributed by atoms with Gasteiger partial charge in [0.15, 0.2) is 0 Å². The number of nitrogens with one attached hydrogen (secondary N) is 1. The van der Waals surface area contributed by atoms with Crippen LogP contribution < -0.4 is 5.32 Å². The van der Waals surface area contributed by atoms with E-state index in [0.717, 1.165) is 67.2 Å². The van der Waals surface area contributed by atoms with Gasteiger partial charge in [0.2, 0.25) is 5.13 Å². The number of nitrogens with zero attached hydrogens (tertiary/aromatic N) is 4. The third-order valence-corrected chi connectivity index (χ3v) is 6.02. The molecule has 154 valence electrons. The maximum absolute atomic E-state index is 12.6. The second-order valence-corrected chi connectivity index (χ2v) is 8.36. The number of ether oxygens (including phenoxy) is 1. The zero-order chi connectivity index (χ0) is 20.8. The minimum absolute atomic E-state index is 0.0488. The van der Waals surface area contributed by atoms with Gasteiger partial charge in [0.25, 0.3) is 5.91 Å². The molecule has 1 saturated heterocycles. The molecule has 1 unspecified atom stereocenters. The van der Waals surface area contributed by atoms with Crippen molar-refractivity contribution in [3.8, 4) is 6.07 Å². The second-order valence-electron chi connectivity index (χ2n) is 7.30. The van der Waals surface area contributed by atoms with Crippen molar-refractivity contribution in [1.82, 2.24) is 14.8 Å². The summed E-state index contributed by atoms with van der Waals surface area (Å²) in [5, 5.41) is 21.6. The van der Waals surface area contributed by atoms with Crippen molar-refractivity contribution in [1.29, 1.82) is 5.26 Å². The van der Waals surface area contributed by atoms with Gasteiger partial charge in [0.05, 0.1) is 6.10 Å². The molecule has 0 saturated carbocycles. The number of amides is 1. The fraction of sp³-hybridized carbons (Fsp3) is 0.524. The lowest BCUT2D eigenvalue weighted by atomic mass is 10.1. The number of aryl methyl sites for hydroxylation is 2. The lowest BCUT2D eigenvalue weighted by Crippen LogP contribution is -2.17. The predicted octanol–water partition coefficient (Wildman–Crippen LogP) is 4.02. The van der Waals surface area contributed by atoms with Gasteiger partial charge in [-0.3, -0.25) is 10.1 Å². The molecule has 3 heterocycles. The number of nitriles is 1. The number of unbranched alkanes of at least 4 members (excludes halogenated alkanes) is 1. The molecule has 1 atom stereocenters. The molecule has 1 fully saturated rings. The first kappa shape index (κ1) is 21.2. The first-order valence-corrected chi connectivity index (χ1v) is 10.9. The zero-order valence-corrected chi connectivity index (χ0v) is 18.0. The van der Waals surface area contributed by atoms with E-state index in [-0.39, 0.29) is 11.7 Å². The average Bonchev–Trinajstić information content (AvgIpc) is 3.43. The minimum atomic E-state index is -0.463. The fourth-order valence-electron chi connectivity index (χ4n) is 3.45. The largest absolute Gasteiger partial charge is 0.376 e. The second kappa shape index (κ2) is 9.81. The Kier molecular flexibility index (Phi) is 7.18. The highest BCUT2D eigenvalue weighted by Gasteiger charge is 2.19. The van der Waals surface area contributed by atoms with Crippen LogP contribution in [0.3, 0.4) is 0 Å². The number of carbonyl (C=O) groups excluding carboxylic acids is 1. The molecule has 2 aromatic heterocycles. The van der Waals surface area contributed by atoms with Crippen LogP contribution in [0.2, 0.25) is 0 Å². The molecule has 1 aliphatic heterocycles. The molecule has 0 radical (unpaired) electrons. The quantitative estimate of drug-likeness (QED) is 0.521. The summed E-state index contributed by atoms with van der Waals surface area (Å²) in [4.78, 5) is 12.6. The van der Waals surface area contributed by atoms with E-state index >= 15 is 0 Å². The first-order chi connectivity index (χ1) is 14.0. The van der Waals surface area contributed by atoms with Crippen molar-refractivity contribution in [2.75, 3.05) is 11.9 Å². The van der Waals surface area contributed by atoms with Gasteiger partial charge in [-0.05, 0) is 50.8 Å². The molecule has 1 aliphatic rings. The summed E-state index contributed by atoms with van der Waals surface area (Å²) >= 11 is 1.35. The Balaban J connectivity index is 1.72. The zero-order valence-electron chi connectivity index (χ0n) is 17.2. The van der Waals surface area contributed by atoms with Gasteiger partial charge in [0.1, 0.15) is 16.6 Å². The van der Waals surface area contributed by atoms with Crippen molar-refractivity contribution >= 4 is 28.5 Å². The van der Waals surface area contributed by atoms with Crippen LogP contribution in [0, 0.1) is 25.2 Å². The summed E-state index contributed by atoms with van der Waals surface area (Å²) in [6.45, 7) is 7.77. The SMILES string of the molecule is CCCCc1nnc(NC(=O)/C(C#N)=C/c2cc(C)n(CC3CCCO3)c2C)s1. The molecule has 0 aromatic carbocycles. The Morgan fingerprint density at radius 3 is 3.00 bits per heavy atom. The smallest absolute Gasteiger partial charge is 0.268 e. The molecule has 2 aromatic rings. The maximum Gasteiger partial charge on any atom is 0.268 e. The first-order valence-electron chi connectivity index (χ1n) is 10.1. The lowest BCUT2D eigenvalue weighted by molar-refractivity contribution is -0.112. The maximum atomic E-state index is 12.6. The summed E-state index contributed by atoms with van der Waals surface area (Å²) in [6.07, 6.45) is 7.00. The Hall–Kier alpha value is -2.50. The van der Waals surface area contributed by atoms with Gasteiger partial charge in [-0.2, -0.15) is 5.26 Å². The molecule has 7 nitrogen and oxygen atoms in total. The van der Waals surface area contributed by atoms with Gasteiger partial charge in [-0.15, -0.1) is 10.2 Å². The van der Waals surface area contributed by atoms with E-state index in [1.807, 2.05) is 26.0 Å². The molecule has 3 rings (SSSR count). The monoisotopic (exact) mass is 413 g/mol. The highest BCUT2D eigenvalue weighted by molar-refractivity contribution is 7.15. The van der Waals surface area contributed by atoms with Gasteiger partial charge in [-0.1, -0.05) is 24.7 Å².